The van der Waals surface area contributed by atoms with E-state index >= 15 is 0 Å². The van der Waals surface area contributed by atoms with Crippen molar-refractivity contribution in [1.29, 1.82) is 0 Å². The molecule has 0 aliphatic rings. The Kier molecular flexibility index (Phi) is 14.3. The van der Waals surface area contributed by atoms with E-state index in [1.165, 1.54) is 0 Å². The molecule has 4 amide bonds. The van der Waals surface area contributed by atoms with Gasteiger partial charge in [-0.25, -0.2) is 4.79 Å². The normalized spacial score (nSPS) is 14.3. The van der Waals surface area contributed by atoms with Crippen LogP contribution in [-0.2, 0) is 24.0 Å². The summed E-state index contributed by atoms with van der Waals surface area (Å²) < 4.78 is 0. The molecule has 0 aliphatic carbocycles. The smallest absolute Gasteiger partial charge is 0.326 e. The van der Waals surface area contributed by atoms with Crippen LogP contribution in [0.15, 0.2) is 4.99 Å². The summed E-state index contributed by atoms with van der Waals surface area (Å²) in [5.74, 6) is -4.54. The molecule has 15 heteroatoms. The molecule has 0 radical (unpaired) electrons. The summed E-state index contributed by atoms with van der Waals surface area (Å²) in [4.78, 5) is 63.9. The number of thiol groups is 1. The van der Waals surface area contributed by atoms with Gasteiger partial charge in [0.25, 0.3) is 0 Å². The molecule has 12 N–H and O–H groups in total. The van der Waals surface area contributed by atoms with Crippen LogP contribution in [0.3, 0.4) is 0 Å². The number of carboxylic acid groups (broad SMARTS) is 1. The number of nitrogens with zero attached hydrogens (tertiary/aromatic N) is 1. The second-order valence-corrected chi connectivity index (χ2v) is 8.42. The number of nitrogens with one attached hydrogen (secondary N) is 3. The molecule has 34 heavy (non-hydrogen) atoms. The zero-order valence-electron chi connectivity index (χ0n) is 19.3. The molecule has 0 saturated heterocycles. The fourth-order valence-electron chi connectivity index (χ4n) is 2.79. The second-order valence-electron chi connectivity index (χ2n) is 8.06. The van der Waals surface area contributed by atoms with E-state index in [1.54, 1.807) is 0 Å². The monoisotopic (exact) mass is 504 g/mol. The first-order valence-corrected chi connectivity index (χ1v) is 11.3. The Morgan fingerprint density at radius 1 is 0.912 bits per heavy atom. The summed E-state index contributed by atoms with van der Waals surface area (Å²) in [5, 5.41) is 16.7. The van der Waals surface area contributed by atoms with Crippen molar-refractivity contribution in [3.8, 4) is 0 Å². The Bertz CT molecular complexity index is 759. The number of guanidine groups is 1. The average Bonchev–Trinajstić information content (AvgIpc) is 2.71. The van der Waals surface area contributed by atoms with Crippen LogP contribution in [-0.4, -0.2) is 77.1 Å². The number of carbonyl (C=O) groups excluding carboxylic acids is 4. The maximum atomic E-state index is 12.8. The predicted octanol–water partition coefficient (Wildman–Crippen LogP) is -3.24. The molecule has 14 nitrogen and oxygen atoms in total. The van der Waals surface area contributed by atoms with Gasteiger partial charge in [-0.05, 0) is 25.2 Å². The predicted molar refractivity (Wildman–Crippen MR) is 128 cm³/mol. The van der Waals surface area contributed by atoms with Gasteiger partial charge in [0, 0.05) is 12.3 Å². The van der Waals surface area contributed by atoms with Gasteiger partial charge in [-0.15, -0.1) is 0 Å². The molecule has 0 spiro atoms. The summed E-state index contributed by atoms with van der Waals surface area (Å²) in [6, 6.07) is -4.71. The zero-order valence-corrected chi connectivity index (χ0v) is 20.2. The Morgan fingerprint density at radius 2 is 1.44 bits per heavy atom. The lowest BCUT2D eigenvalue weighted by atomic mass is 10.0. The highest BCUT2D eigenvalue weighted by molar-refractivity contribution is 7.80. The van der Waals surface area contributed by atoms with Crippen LogP contribution >= 0.6 is 12.6 Å². The van der Waals surface area contributed by atoms with E-state index in [2.05, 4.69) is 33.6 Å². The third-order valence-corrected chi connectivity index (χ3v) is 4.84. The minimum absolute atomic E-state index is 0.0331. The van der Waals surface area contributed by atoms with E-state index in [4.69, 9.17) is 22.9 Å². The van der Waals surface area contributed by atoms with E-state index in [9.17, 15) is 29.1 Å². The minimum Gasteiger partial charge on any atom is -0.480 e. The Labute approximate surface area is 203 Å². The van der Waals surface area contributed by atoms with Crippen molar-refractivity contribution in [2.75, 3.05) is 12.3 Å². The first-order chi connectivity index (χ1) is 15.8. The summed E-state index contributed by atoms with van der Waals surface area (Å²) in [6.07, 6.45) is 0.153. The van der Waals surface area contributed by atoms with E-state index in [1.807, 2.05) is 13.8 Å². The molecule has 0 aromatic heterocycles. The fraction of sp³-hybridized carbons (Fsp3) is 0.684. The molecular formula is C19H36N8O6S. The molecule has 4 unspecified atom stereocenters. The van der Waals surface area contributed by atoms with Crippen LogP contribution in [0.25, 0.3) is 0 Å². The number of nitrogens with two attached hydrogens (primary N) is 4. The molecular weight excluding hydrogens is 468 g/mol. The molecule has 0 saturated carbocycles. The zero-order chi connectivity index (χ0) is 26.4. The van der Waals surface area contributed by atoms with Gasteiger partial charge >= 0.3 is 5.97 Å². The van der Waals surface area contributed by atoms with E-state index < -0.39 is 60.2 Å². The van der Waals surface area contributed by atoms with E-state index in [0.29, 0.717) is 6.42 Å². The van der Waals surface area contributed by atoms with E-state index in [-0.39, 0.29) is 37.0 Å². The Hall–Kier alpha value is -3.07. The summed E-state index contributed by atoms with van der Waals surface area (Å²) >= 11 is 4.04. The number of carbonyl (C=O) groups is 5. The van der Waals surface area contributed by atoms with Crippen molar-refractivity contribution in [2.45, 2.75) is 63.7 Å². The first-order valence-electron chi connectivity index (χ1n) is 10.6. The average molecular weight is 505 g/mol. The molecule has 0 heterocycles. The molecule has 0 rings (SSSR count). The van der Waals surface area contributed by atoms with Crippen molar-refractivity contribution >= 4 is 48.2 Å². The standard InChI is InChI=1S/C19H36N8O6S/c1-9(2)6-12(16(30)25-11(18(32)33)4-3-5-24-19(22)23)26-17(31)13(8-34)27-15(29)10(20)7-14(21)28/h9-13,34H,3-8,20H2,1-2H3,(H2,21,28)(H,25,30)(H,26,31)(H,27,29)(H,32,33)(H4,22,23,24). The lowest BCUT2D eigenvalue weighted by Gasteiger charge is -2.25. The number of amides is 4. The van der Waals surface area contributed by atoms with Gasteiger partial charge in [-0.2, -0.15) is 12.6 Å². The van der Waals surface area contributed by atoms with Crippen molar-refractivity contribution in [3.63, 3.8) is 0 Å². The number of hydrogen-bond acceptors (Lipinski definition) is 8. The highest BCUT2D eigenvalue weighted by atomic mass is 32.1. The summed E-state index contributed by atoms with van der Waals surface area (Å²) in [5.41, 5.74) is 21.0. The van der Waals surface area contributed by atoms with Gasteiger partial charge in [0.1, 0.15) is 18.1 Å². The SMILES string of the molecule is CC(C)CC(NC(=O)C(CS)NC(=O)C(N)CC(N)=O)C(=O)NC(CCCN=C(N)N)C(=O)O. The highest BCUT2D eigenvalue weighted by Gasteiger charge is 2.30. The summed E-state index contributed by atoms with van der Waals surface area (Å²) in [7, 11) is 0. The highest BCUT2D eigenvalue weighted by Crippen LogP contribution is 2.08. The molecule has 0 aromatic carbocycles. The van der Waals surface area contributed by atoms with Crippen LogP contribution < -0.4 is 38.9 Å². The number of carboxylic acids is 1. The number of primary amides is 1. The molecule has 194 valence electrons. The third-order valence-electron chi connectivity index (χ3n) is 4.47. The number of aliphatic carboxylic acids is 1. The first kappa shape index (κ1) is 30.9. The van der Waals surface area contributed by atoms with Gasteiger partial charge < -0.3 is 44.0 Å². The lowest BCUT2D eigenvalue weighted by Crippen LogP contribution is -2.58. The molecule has 0 aliphatic heterocycles. The second kappa shape index (κ2) is 15.7. The number of rotatable bonds is 16. The molecule has 4 atom stereocenters. The van der Waals surface area contributed by atoms with Crippen LogP contribution in [0.1, 0.15) is 39.5 Å². The van der Waals surface area contributed by atoms with E-state index in [0.717, 1.165) is 0 Å². The van der Waals surface area contributed by atoms with Gasteiger partial charge in [-0.1, -0.05) is 13.8 Å². The molecule has 0 bridgehead atoms. The fourth-order valence-corrected chi connectivity index (χ4v) is 3.05. The van der Waals surface area contributed by atoms with Crippen molar-refractivity contribution < 1.29 is 29.1 Å². The Balaban J connectivity index is 5.25. The van der Waals surface area contributed by atoms with Crippen molar-refractivity contribution in [3.05, 3.63) is 0 Å². The van der Waals surface area contributed by atoms with Gasteiger partial charge in [-0.3, -0.25) is 24.2 Å². The largest absolute Gasteiger partial charge is 0.480 e. The van der Waals surface area contributed by atoms with Gasteiger partial charge in [0.15, 0.2) is 5.96 Å². The minimum atomic E-state index is -1.25. The number of aliphatic imine (C=N–C) groups is 1. The molecule has 0 fully saturated rings. The molecule has 0 aromatic rings. The third kappa shape index (κ3) is 12.8. The topological polar surface area (TPSA) is 258 Å². The maximum Gasteiger partial charge on any atom is 0.326 e. The van der Waals surface area contributed by atoms with Crippen LogP contribution in [0.2, 0.25) is 0 Å². The van der Waals surface area contributed by atoms with Crippen molar-refractivity contribution in [2.24, 2.45) is 33.8 Å². The van der Waals surface area contributed by atoms with Crippen LogP contribution in [0.5, 0.6) is 0 Å². The van der Waals surface area contributed by atoms with Gasteiger partial charge in [0.2, 0.25) is 23.6 Å². The Morgan fingerprint density at radius 3 is 1.91 bits per heavy atom. The van der Waals surface area contributed by atoms with Crippen LogP contribution in [0.4, 0.5) is 0 Å². The number of hydrogen-bond donors (Lipinski definition) is 9. The maximum absolute atomic E-state index is 12.8. The summed E-state index contributed by atoms with van der Waals surface area (Å²) in [6.45, 7) is 3.82. The van der Waals surface area contributed by atoms with Crippen LogP contribution in [0, 0.1) is 5.92 Å². The van der Waals surface area contributed by atoms with Gasteiger partial charge in [0.05, 0.1) is 12.5 Å². The van der Waals surface area contributed by atoms with Crippen molar-refractivity contribution in [1.82, 2.24) is 16.0 Å². The quantitative estimate of drug-likeness (QED) is 0.0442. The lowest BCUT2D eigenvalue weighted by molar-refractivity contribution is -0.142.